The zero-order chi connectivity index (χ0) is 10.8. The molecule has 0 amide bonds. The Morgan fingerprint density at radius 1 is 1.50 bits per heavy atom. The topological polar surface area (TPSA) is 55.7 Å². The minimum atomic E-state index is 0.491. The maximum Gasteiger partial charge on any atom is 0.149 e. The van der Waals surface area contributed by atoms with Gasteiger partial charge in [0.15, 0.2) is 0 Å². The molecule has 1 saturated heterocycles. The molecular weight excluding hydrogens is 204 g/mol. The van der Waals surface area contributed by atoms with Gasteiger partial charge < -0.3 is 4.74 Å². The largest absolute Gasteiger partial charge is 0.381 e. The van der Waals surface area contributed by atoms with Gasteiger partial charge in [-0.15, -0.1) is 0 Å². The van der Waals surface area contributed by atoms with Crippen molar-refractivity contribution in [2.75, 3.05) is 13.2 Å². The number of aromatic nitrogens is 4. The van der Waals surface area contributed by atoms with E-state index in [1.807, 2.05) is 23.1 Å². The minimum absolute atomic E-state index is 0.491. The van der Waals surface area contributed by atoms with E-state index in [-0.39, 0.29) is 0 Å². The summed E-state index contributed by atoms with van der Waals surface area (Å²) < 4.78 is 7.30. The average Bonchev–Trinajstić information content (AvgIpc) is 3.01. The molecular formula is C11H14N4O. The summed E-state index contributed by atoms with van der Waals surface area (Å²) in [6, 6.07) is 1.90. The molecule has 0 radical (unpaired) electrons. The van der Waals surface area contributed by atoms with Crippen molar-refractivity contribution in [1.29, 1.82) is 0 Å². The summed E-state index contributed by atoms with van der Waals surface area (Å²) in [6.45, 7) is 1.71. The number of hydrogen-bond donors (Lipinski definition) is 1. The number of nitrogens with one attached hydrogen (secondary N) is 1. The fourth-order valence-electron chi connectivity index (χ4n) is 2.06. The highest BCUT2D eigenvalue weighted by atomic mass is 16.5. The summed E-state index contributed by atoms with van der Waals surface area (Å²) in [5.74, 6) is 1.38. The molecule has 1 aliphatic heterocycles. The Balaban J connectivity index is 1.82. The molecule has 1 atom stereocenters. The van der Waals surface area contributed by atoms with Crippen molar-refractivity contribution in [2.45, 2.75) is 18.8 Å². The summed E-state index contributed by atoms with van der Waals surface area (Å²) in [5, 5.41) is 11.1. The molecule has 2 aromatic rings. The van der Waals surface area contributed by atoms with Crippen molar-refractivity contribution in [3.63, 3.8) is 0 Å². The molecule has 0 bridgehead atoms. The summed E-state index contributed by atoms with van der Waals surface area (Å²) in [6.07, 6.45) is 8.02. The van der Waals surface area contributed by atoms with Gasteiger partial charge in [0.05, 0.1) is 19.0 Å². The fourth-order valence-corrected chi connectivity index (χ4v) is 2.06. The van der Waals surface area contributed by atoms with Gasteiger partial charge in [0, 0.05) is 24.8 Å². The maximum absolute atomic E-state index is 5.48. The van der Waals surface area contributed by atoms with Gasteiger partial charge >= 0.3 is 0 Å². The number of rotatable bonds is 2. The Morgan fingerprint density at radius 3 is 3.25 bits per heavy atom. The van der Waals surface area contributed by atoms with Crippen molar-refractivity contribution >= 4 is 0 Å². The molecule has 0 aromatic carbocycles. The van der Waals surface area contributed by atoms with Crippen LogP contribution in [0.4, 0.5) is 0 Å². The lowest BCUT2D eigenvalue weighted by Crippen LogP contribution is -2.14. The van der Waals surface area contributed by atoms with Crippen LogP contribution in [0.15, 0.2) is 24.7 Å². The van der Waals surface area contributed by atoms with Crippen LogP contribution in [0.3, 0.4) is 0 Å². The SMILES string of the molecule is c1cc(-n2cc([C@H]3CCCOC3)cn2)[nH]n1. The minimum Gasteiger partial charge on any atom is -0.381 e. The van der Waals surface area contributed by atoms with Gasteiger partial charge in [-0.05, 0) is 18.4 Å². The van der Waals surface area contributed by atoms with Crippen LogP contribution in [-0.4, -0.2) is 33.2 Å². The first kappa shape index (κ1) is 9.59. The number of ether oxygens (including phenoxy) is 1. The number of nitrogens with zero attached hydrogens (tertiary/aromatic N) is 3. The second-order valence-corrected chi connectivity index (χ2v) is 4.07. The van der Waals surface area contributed by atoms with Crippen LogP contribution in [0.25, 0.3) is 5.82 Å². The lowest BCUT2D eigenvalue weighted by molar-refractivity contribution is 0.0804. The summed E-state index contributed by atoms with van der Waals surface area (Å²) in [4.78, 5) is 0. The molecule has 0 saturated carbocycles. The van der Waals surface area contributed by atoms with E-state index in [0.717, 1.165) is 25.5 Å². The van der Waals surface area contributed by atoms with Crippen molar-refractivity contribution in [1.82, 2.24) is 20.0 Å². The third kappa shape index (κ3) is 1.74. The van der Waals surface area contributed by atoms with Crippen molar-refractivity contribution < 1.29 is 4.74 Å². The highest BCUT2D eigenvalue weighted by Gasteiger charge is 2.17. The normalized spacial score (nSPS) is 21.1. The van der Waals surface area contributed by atoms with Crippen LogP contribution in [0.1, 0.15) is 24.3 Å². The molecule has 1 aliphatic rings. The summed E-state index contributed by atoms with van der Waals surface area (Å²) in [5.41, 5.74) is 1.24. The molecule has 3 rings (SSSR count). The van der Waals surface area contributed by atoms with Gasteiger partial charge in [-0.2, -0.15) is 10.2 Å². The predicted molar refractivity (Wildman–Crippen MR) is 58.5 cm³/mol. The lowest BCUT2D eigenvalue weighted by Gasteiger charge is -2.20. The molecule has 2 aromatic heterocycles. The number of H-pyrrole nitrogens is 1. The van der Waals surface area contributed by atoms with Gasteiger partial charge in [0.2, 0.25) is 0 Å². The molecule has 0 unspecified atom stereocenters. The van der Waals surface area contributed by atoms with Crippen LogP contribution in [0.5, 0.6) is 0 Å². The second kappa shape index (κ2) is 4.09. The molecule has 3 heterocycles. The highest BCUT2D eigenvalue weighted by Crippen LogP contribution is 2.25. The molecule has 1 fully saturated rings. The van der Waals surface area contributed by atoms with Gasteiger partial charge in [0.25, 0.3) is 0 Å². The second-order valence-electron chi connectivity index (χ2n) is 4.07. The molecule has 0 spiro atoms. The standard InChI is InChI=1S/C11H14N4O/c1-2-9(8-16-5-1)10-6-13-15(7-10)11-3-4-12-14-11/h3-4,6-7,9H,1-2,5,8H2,(H,12,14)/t9-/m0/s1. The Bertz CT molecular complexity index is 442. The van der Waals surface area contributed by atoms with E-state index in [1.54, 1.807) is 6.20 Å². The summed E-state index contributed by atoms with van der Waals surface area (Å²) >= 11 is 0. The average molecular weight is 218 g/mol. The first-order valence-corrected chi connectivity index (χ1v) is 5.55. The van der Waals surface area contributed by atoms with Crippen LogP contribution < -0.4 is 0 Å². The molecule has 5 heteroatoms. The Morgan fingerprint density at radius 2 is 2.50 bits per heavy atom. The Hall–Kier alpha value is -1.62. The van der Waals surface area contributed by atoms with E-state index in [1.165, 1.54) is 12.0 Å². The zero-order valence-corrected chi connectivity index (χ0v) is 8.97. The first-order chi connectivity index (χ1) is 7.93. The van der Waals surface area contributed by atoms with Gasteiger partial charge in [-0.1, -0.05) is 0 Å². The molecule has 16 heavy (non-hydrogen) atoms. The maximum atomic E-state index is 5.48. The van der Waals surface area contributed by atoms with E-state index in [4.69, 9.17) is 4.74 Å². The third-order valence-electron chi connectivity index (χ3n) is 2.97. The molecule has 0 aliphatic carbocycles. The van der Waals surface area contributed by atoms with Crippen molar-refractivity contribution in [3.8, 4) is 5.82 Å². The van der Waals surface area contributed by atoms with Crippen LogP contribution in [0.2, 0.25) is 0 Å². The van der Waals surface area contributed by atoms with Crippen LogP contribution >= 0.6 is 0 Å². The van der Waals surface area contributed by atoms with E-state index >= 15 is 0 Å². The number of aromatic amines is 1. The third-order valence-corrected chi connectivity index (χ3v) is 2.97. The van der Waals surface area contributed by atoms with E-state index in [2.05, 4.69) is 15.3 Å². The first-order valence-electron chi connectivity index (χ1n) is 5.55. The van der Waals surface area contributed by atoms with Crippen LogP contribution in [-0.2, 0) is 4.74 Å². The zero-order valence-electron chi connectivity index (χ0n) is 8.97. The molecule has 1 N–H and O–H groups in total. The lowest BCUT2D eigenvalue weighted by atomic mass is 9.96. The fraction of sp³-hybridized carbons (Fsp3) is 0.455. The van der Waals surface area contributed by atoms with Gasteiger partial charge in [0.1, 0.15) is 5.82 Å². The Kier molecular flexibility index (Phi) is 2.46. The highest BCUT2D eigenvalue weighted by molar-refractivity contribution is 5.22. The van der Waals surface area contributed by atoms with E-state index < -0.39 is 0 Å². The van der Waals surface area contributed by atoms with Crippen molar-refractivity contribution in [3.05, 3.63) is 30.2 Å². The summed E-state index contributed by atoms with van der Waals surface area (Å²) in [7, 11) is 0. The van der Waals surface area contributed by atoms with E-state index in [0.29, 0.717) is 5.92 Å². The smallest absolute Gasteiger partial charge is 0.149 e. The molecule has 84 valence electrons. The molecule has 5 nitrogen and oxygen atoms in total. The quantitative estimate of drug-likeness (QED) is 0.830. The van der Waals surface area contributed by atoms with Gasteiger partial charge in [-0.25, -0.2) is 4.68 Å². The Labute approximate surface area is 93.4 Å². The van der Waals surface area contributed by atoms with Crippen LogP contribution in [0, 0.1) is 0 Å². The van der Waals surface area contributed by atoms with Crippen molar-refractivity contribution in [2.24, 2.45) is 0 Å². The van der Waals surface area contributed by atoms with Gasteiger partial charge in [-0.3, -0.25) is 5.10 Å². The van der Waals surface area contributed by atoms with E-state index in [9.17, 15) is 0 Å². The monoisotopic (exact) mass is 218 g/mol. The number of hydrogen-bond acceptors (Lipinski definition) is 3. The predicted octanol–water partition coefficient (Wildman–Crippen LogP) is 1.49.